The molecule has 258 valence electrons. The first-order valence-corrected chi connectivity index (χ1v) is 16.5. The summed E-state index contributed by atoms with van der Waals surface area (Å²) in [5, 5.41) is 15.7. The summed E-state index contributed by atoms with van der Waals surface area (Å²) < 4.78 is 0. The molecule has 0 aliphatic rings. The molecule has 47 heavy (non-hydrogen) atoms. The molecule has 0 saturated heterocycles. The van der Waals surface area contributed by atoms with Gasteiger partial charge in [0.1, 0.15) is 18.1 Å². The summed E-state index contributed by atoms with van der Waals surface area (Å²) in [5.41, 5.74) is 3.38. The molecule has 0 heterocycles. The van der Waals surface area contributed by atoms with Gasteiger partial charge in [0, 0.05) is 31.1 Å². The predicted molar refractivity (Wildman–Crippen MR) is 175 cm³/mol. The first kappa shape index (κ1) is 40.4. The van der Waals surface area contributed by atoms with Gasteiger partial charge in [-0.05, 0) is 37.7 Å². The van der Waals surface area contributed by atoms with Gasteiger partial charge in [-0.1, -0.05) is 30.7 Å². The van der Waals surface area contributed by atoms with Gasteiger partial charge in [0.25, 0.3) is 0 Å². The highest BCUT2D eigenvalue weighted by atomic mass is 32.2. The highest BCUT2D eigenvalue weighted by molar-refractivity contribution is 7.98. The lowest BCUT2D eigenvalue weighted by Crippen LogP contribution is -2.57. The minimum atomic E-state index is -1.38. The molecule has 0 unspecified atom stereocenters. The molecule has 19 heteroatoms. The fourth-order valence-corrected chi connectivity index (χ4v) is 5.23. The minimum Gasteiger partial charge on any atom is -0.344 e. The Kier molecular flexibility index (Phi) is 17.6. The maximum atomic E-state index is 12.9. The fourth-order valence-electron chi connectivity index (χ4n) is 3.64. The number of hydrogen-bond donors (Lipinski definition) is 8. The van der Waals surface area contributed by atoms with Crippen molar-refractivity contribution in [3.63, 3.8) is 0 Å². The molecule has 3 atom stereocenters. The molecule has 0 aliphatic carbocycles. The Morgan fingerprint density at radius 1 is 0.596 bits per heavy atom. The Morgan fingerprint density at radius 3 is 1.62 bits per heavy atom. The lowest BCUT2D eigenvalue weighted by atomic mass is 10.1. The van der Waals surface area contributed by atoms with E-state index in [1.54, 1.807) is 21.3 Å². The van der Waals surface area contributed by atoms with Crippen molar-refractivity contribution in [1.29, 1.82) is 0 Å². The lowest BCUT2D eigenvalue weighted by molar-refractivity contribution is -0.130. The molecule has 0 radical (unpaired) electrons. The molecule has 0 aliphatic heterocycles. The van der Waals surface area contributed by atoms with Crippen LogP contribution in [0.2, 0.25) is 0 Å². The van der Waals surface area contributed by atoms with Crippen LogP contribution in [0.25, 0.3) is 0 Å². The lowest BCUT2D eigenvalue weighted by Gasteiger charge is -2.20. The van der Waals surface area contributed by atoms with E-state index in [1.807, 2.05) is 35.4 Å². The fraction of sp³-hybridized carbons (Fsp3) is 0.464. The normalized spacial score (nSPS) is 12.2. The summed E-state index contributed by atoms with van der Waals surface area (Å²) >= 11 is 3.23. The third-order valence-electron chi connectivity index (χ3n) is 5.63. The van der Waals surface area contributed by atoms with E-state index in [4.69, 9.17) is 0 Å². The largest absolute Gasteiger partial charge is 0.344 e. The summed E-state index contributed by atoms with van der Waals surface area (Å²) in [4.78, 5) is 107. The van der Waals surface area contributed by atoms with E-state index in [2.05, 4.69) is 29.7 Å². The standard InChI is InChI=1S/C28H40N8O9S2/c1-7-46-11-19-8-14(2)9-20(10-19)12-47-13-21(31-17(5)37)24(41)29-15(3)22(39)34-27(44)36-28(45)35-25(42)30-16(4)23(40)33-26(43)32-18(6)38/h8-10,15-16,21H,7,11-13H2,1-6H3,(H,29,41)(H,31,37)(H2,32,33,38,40,43)(H4,30,34,35,36,39,42,44,45)/t15-,16-,21-/m1/s1. The van der Waals surface area contributed by atoms with E-state index < -0.39 is 71.8 Å². The van der Waals surface area contributed by atoms with Gasteiger partial charge in [0.05, 0.1) is 0 Å². The highest BCUT2D eigenvalue weighted by Gasteiger charge is 2.25. The van der Waals surface area contributed by atoms with Crippen molar-refractivity contribution in [3.05, 3.63) is 34.9 Å². The van der Waals surface area contributed by atoms with Crippen molar-refractivity contribution in [1.82, 2.24) is 42.5 Å². The van der Waals surface area contributed by atoms with Gasteiger partial charge in [-0.2, -0.15) is 23.5 Å². The summed E-state index contributed by atoms with van der Waals surface area (Å²) in [6.07, 6.45) is 0. The van der Waals surface area contributed by atoms with Gasteiger partial charge in [0.2, 0.25) is 29.5 Å². The minimum absolute atomic E-state index is 0.196. The summed E-state index contributed by atoms with van der Waals surface area (Å²) in [7, 11) is 0. The van der Waals surface area contributed by atoms with Crippen LogP contribution in [-0.4, -0.2) is 83.3 Å². The highest BCUT2D eigenvalue weighted by Crippen LogP contribution is 2.20. The second-order valence-electron chi connectivity index (χ2n) is 10.1. The van der Waals surface area contributed by atoms with E-state index in [0.29, 0.717) is 5.75 Å². The van der Waals surface area contributed by atoms with Crippen LogP contribution >= 0.6 is 23.5 Å². The number of amides is 13. The van der Waals surface area contributed by atoms with Gasteiger partial charge >= 0.3 is 24.1 Å². The first-order valence-electron chi connectivity index (χ1n) is 14.2. The van der Waals surface area contributed by atoms with Crippen molar-refractivity contribution in [2.24, 2.45) is 0 Å². The molecule has 8 N–H and O–H groups in total. The molecule has 0 saturated carbocycles. The quantitative estimate of drug-likeness (QED) is 0.141. The van der Waals surface area contributed by atoms with Crippen LogP contribution < -0.4 is 42.5 Å². The van der Waals surface area contributed by atoms with Crippen LogP contribution in [0.3, 0.4) is 0 Å². The van der Waals surface area contributed by atoms with Crippen molar-refractivity contribution in [2.45, 2.75) is 71.2 Å². The maximum absolute atomic E-state index is 12.9. The molecular formula is C28H40N8O9S2. The average molecular weight is 697 g/mol. The average Bonchev–Trinajstić information content (AvgIpc) is 2.94. The predicted octanol–water partition coefficient (Wildman–Crippen LogP) is 0.497. The van der Waals surface area contributed by atoms with E-state index >= 15 is 0 Å². The van der Waals surface area contributed by atoms with Crippen LogP contribution in [0.5, 0.6) is 0 Å². The number of carbonyl (C=O) groups excluding carboxylic acids is 9. The summed E-state index contributed by atoms with van der Waals surface area (Å²) in [5.74, 6) is -1.22. The molecule has 0 aromatic heterocycles. The molecule has 17 nitrogen and oxygen atoms in total. The number of hydrogen-bond acceptors (Lipinski definition) is 11. The molecule has 1 aromatic carbocycles. The van der Waals surface area contributed by atoms with E-state index in [0.717, 1.165) is 36.5 Å². The zero-order valence-electron chi connectivity index (χ0n) is 26.8. The number of thioether (sulfide) groups is 2. The maximum Gasteiger partial charge on any atom is 0.330 e. The second kappa shape index (κ2) is 20.5. The van der Waals surface area contributed by atoms with Crippen LogP contribution in [0.15, 0.2) is 18.2 Å². The number of benzene rings is 1. The smallest absolute Gasteiger partial charge is 0.330 e. The van der Waals surface area contributed by atoms with Gasteiger partial charge in [-0.15, -0.1) is 0 Å². The molecule has 1 rings (SSSR count). The van der Waals surface area contributed by atoms with Gasteiger partial charge < -0.3 is 16.0 Å². The van der Waals surface area contributed by atoms with Crippen LogP contribution in [0.4, 0.5) is 19.2 Å². The van der Waals surface area contributed by atoms with Crippen molar-refractivity contribution >= 4 is 77.2 Å². The third-order valence-corrected chi connectivity index (χ3v) is 7.68. The monoisotopic (exact) mass is 696 g/mol. The number of rotatable bonds is 13. The molecule has 0 spiro atoms. The second-order valence-corrected chi connectivity index (χ2v) is 12.4. The zero-order valence-corrected chi connectivity index (χ0v) is 28.4. The van der Waals surface area contributed by atoms with Gasteiger partial charge in [0.15, 0.2) is 0 Å². The van der Waals surface area contributed by atoms with E-state index in [-0.39, 0.29) is 5.75 Å². The topological polar surface area (TPSA) is 250 Å². The Bertz CT molecular complexity index is 1380. The molecular weight excluding hydrogens is 656 g/mol. The molecule has 1 aromatic rings. The molecule has 13 amide bonds. The van der Waals surface area contributed by atoms with Gasteiger partial charge in [-0.25, -0.2) is 19.2 Å². The van der Waals surface area contributed by atoms with E-state index in [9.17, 15) is 43.2 Å². The molecule has 0 fully saturated rings. The van der Waals surface area contributed by atoms with Crippen molar-refractivity contribution in [2.75, 3.05) is 11.5 Å². The van der Waals surface area contributed by atoms with Gasteiger partial charge in [-0.3, -0.25) is 50.6 Å². The zero-order chi connectivity index (χ0) is 35.7. The number of aryl methyl sites for hydroxylation is 1. The number of imide groups is 5. The number of urea groups is 4. The summed E-state index contributed by atoms with van der Waals surface area (Å²) in [6, 6.07) is -2.41. The first-order chi connectivity index (χ1) is 22.0. The van der Waals surface area contributed by atoms with Crippen molar-refractivity contribution < 1.29 is 43.2 Å². The van der Waals surface area contributed by atoms with Crippen LogP contribution in [-0.2, 0) is 35.5 Å². The van der Waals surface area contributed by atoms with Crippen LogP contribution in [0.1, 0.15) is 51.3 Å². The Morgan fingerprint density at radius 2 is 1.09 bits per heavy atom. The van der Waals surface area contributed by atoms with Crippen LogP contribution in [0, 0.1) is 6.92 Å². The Hall–Kier alpha value is -4.65. The van der Waals surface area contributed by atoms with E-state index in [1.165, 1.54) is 31.2 Å². The third kappa shape index (κ3) is 17.0. The molecule has 0 bridgehead atoms. The summed E-state index contributed by atoms with van der Waals surface area (Å²) in [6.45, 7) is 8.83. The SMILES string of the molecule is CCSCc1cc(C)cc(CSC[C@@H](NC(C)=O)C(=O)N[C@H](C)C(=O)NC(=O)NC(=O)NC(=O)N[C@H](C)C(=O)NC(=O)NC(C)=O)c1. The number of nitrogens with one attached hydrogen (secondary N) is 8. The number of carbonyl (C=O) groups is 9. The Labute approximate surface area is 280 Å². The Balaban J connectivity index is 2.59. The van der Waals surface area contributed by atoms with Crippen molar-refractivity contribution in [3.8, 4) is 0 Å².